The highest BCUT2D eigenvalue weighted by Gasteiger charge is 2.22. The molecule has 0 spiro atoms. The fraction of sp³-hybridized carbons (Fsp3) is 0.320. The summed E-state index contributed by atoms with van der Waals surface area (Å²) in [5.41, 5.74) is 1.63. The van der Waals surface area contributed by atoms with Crippen LogP contribution in [-0.4, -0.2) is 52.1 Å². The molecule has 0 saturated heterocycles. The molecule has 0 bridgehead atoms. The highest BCUT2D eigenvalue weighted by Crippen LogP contribution is 2.26. The van der Waals surface area contributed by atoms with Gasteiger partial charge in [0.25, 0.3) is 0 Å². The summed E-state index contributed by atoms with van der Waals surface area (Å²) >= 11 is 0. The second kappa shape index (κ2) is 10.4. The number of aromatic nitrogens is 2. The molecule has 3 amide bonds. The molecule has 1 aromatic heterocycles. The monoisotopic (exact) mass is 467 g/mol. The van der Waals surface area contributed by atoms with Crippen molar-refractivity contribution in [1.82, 2.24) is 19.8 Å². The van der Waals surface area contributed by atoms with Crippen LogP contribution in [0.25, 0.3) is 16.9 Å². The largest absolute Gasteiger partial charge is 0.497 e. The molecule has 9 heteroatoms. The molecule has 0 aliphatic carbocycles. The van der Waals surface area contributed by atoms with Gasteiger partial charge in [0.15, 0.2) is 0 Å². The number of urea groups is 1. The number of nitrogens with zero attached hydrogens (tertiary/aromatic N) is 3. The first-order valence-electron chi connectivity index (χ1n) is 11.0. The van der Waals surface area contributed by atoms with E-state index in [2.05, 4.69) is 15.6 Å². The first-order chi connectivity index (χ1) is 16.1. The zero-order valence-corrected chi connectivity index (χ0v) is 20.1. The first kappa shape index (κ1) is 24.8. The molecular formula is C25H30FN5O3. The highest BCUT2D eigenvalue weighted by molar-refractivity contribution is 5.93. The van der Waals surface area contributed by atoms with E-state index in [1.165, 1.54) is 17.0 Å². The van der Waals surface area contributed by atoms with Crippen molar-refractivity contribution in [3.8, 4) is 22.7 Å². The lowest BCUT2D eigenvalue weighted by Gasteiger charge is -2.27. The summed E-state index contributed by atoms with van der Waals surface area (Å²) in [7, 11) is 1.59. The van der Waals surface area contributed by atoms with Crippen LogP contribution in [0, 0.1) is 5.82 Å². The maximum Gasteiger partial charge on any atom is 0.318 e. The molecule has 180 valence electrons. The minimum absolute atomic E-state index is 0.146. The van der Waals surface area contributed by atoms with Crippen molar-refractivity contribution >= 4 is 17.9 Å². The molecule has 8 nitrogen and oxygen atoms in total. The number of benzene rings is 2. The third kappa shape index (κ3) is 6.34. The summed E-state index contributed by atoms with van der Waals surface area (Å²) < 4.78 is 20.4. The van der Waals surface area contributed by atoms with Crippen LogP contribution in [-0.2, 0) is 4.79 Å². The number of imidazole rings is 1. The van der Waals surface area contributed by atoms with Gasteiger partial charge in [0.1, 0.15) is 18.1 Å². The molecule has 0 fully saturated rings. The van der Waals surface area contributed by atoms with Gasteiger partial charge in [-0.05, 0) is 76.2 Å². The van der Waals surface area contributed by atoms with Crippen molar-refractivity contribution in [3.63, 3.8) is 0 Å². The Morgan fingerprint density at radius 1 is 1.09 bits per heavy atom. The molecule has 2 N–H and O–H groups in total. The van der Waals surface area contributed by atoms with Gasteiger partial charge in [-0.15, -0.1) is 0 Å². The van der Waals surface area contributed by atoms with Crippen molar-refractivity contribution in [2.75, 3.05) is 25.5 Å². The Hall–Kier alpha value is -3.88. The Morgan fingerprint density at radius 2 is 1.74 bits per heavy atom. The Balaban J connectivity index is 1.87. The standard InChI is InChI=1S/C25H30FN5O3/c1-6-30(24(33)29-25(2,3)4)16-22(32)28-23-27-21(17-7-13-20(34-5)14-8-17)15-31(23)19-11-9-18(26)10-12-19/h7-15H,6,16H2,1-5H3,(H,29,33)(H,27,28,32). The predicted octanol–water partition coefficient (Wildman–Crippen LogP) is 4.46. The molecule has 3 rings (SSSR count). The number of carbonyl (C=O) groups is 2. The lowest BCUT2D eigenvalue weighted by Crippen LogP contribution is -2.50. The van der Waals surface area contributed by atoms with Crippen LogP contribution < -0.4 is 15.4 Å². The molecule has 0 aliphatic heterocycles. The van der Waals surface area contributed by atoms with Gasteiger partial charge >= 0.3 is 6.03 Å². The number of hydrogen-bond acceptors (Lipinski definition) is 4. The fourth-order valence-corrected chi connectivity index (χ4v) is 3.23. The number of halogens is 1. The number of likely N-dealkylation sites (N-methyl/N-ethyl adjacent to an activating group) is 1. The number of nitrogens with one attached hydrogen (secondary N) is 2. The Kier molecular flexibility index (Phi) is 7.55. The van der Waals surface area contributed by atoms with Crippen LogP contribution in [0.2, 0.25) is 0 Å². The fourth-order valence-electron chi connectivity index (χ4n) is 3.23. The van der Waals surface area contributed by atoms with E-state index < -0.39 is 11.4 Å². The van der Waals surface area contributed by atoms with E-state index in [4.69, 9.17) is 4.74 Å². The smallest absolute Gasteiger partial charge is 0.318 e. The molecule has 0 radical (unpaired) electrons. The molecule has 2 aromatic carbocycles. The van der Waals surface area contributed by atoms with Crippen LogP contribution in [0.1, 0.15) is 27.7 Å². The molecule has 34 heavy (non-hydrogen) atoms. The quantitative estimate of drug-likeness (QED) is 0.537. The molecular weight excluding hydrogens is 437 g/mol. The third-order valence-corrected chi connectivity index (χ3v) is 4.93. The van der Waals surface area contributed by atoms with Gasteiger partial charge in [0.2, 0.25) is 11.9 Å². The van der Waals surface area contributed by atoms with Gasteiger partial charge in [-0.25, -0.2) is 14.2 Å². The number of hydrogen-bond donors (Lipinski definition) is 2. The minimum atomic E-state index is -0.424. The lowest BCUT2D eigenvalue weighted by atomic mass is 10.1. The topological polar surface area (TPSA) is 88.5 Å². The molecule has 0 unspecified atom stereocenters. The van der Waals surface area contributed by atoms with Crippen LogP contribution >= 0.6 is 0 Å². The Labute approximate surface area is 198 Å². The third-order valence-electron chi connectivity index (χ3n) is 4.93. The SMILES string of the molecule is CCN(CC(=O)Nc1nc(-c2ccc(OC)cc2)cn1-c1ccc(F)cc1)C(=O)NC(C)(C)C. The number of ether oxygens (including phenoxy) is 1. The minimum Gasteiger partial charge on any atom is -0.497 e. The maximum absolute atomic E-state index is 13.5. The van der Waals surface area contributed by atoms with Gasteiger partial charge in [0.05, 0.1) is 12.8 Å². The summed E-state index contributed by atoms with van der Waals surface area (Å²) in [5.74, 6) is 0.201. The lowest BCUT2D eigenvalue weighted by molar-refractivity contribution is -0.116. The predicted molar refractivity (Wildman–Crippen MR) is 130 cm³/mol. The maximum atomic E-state index is 13.5. The van der Waals surface area contributed by atoms with E-state index in [9.17, 15) is 14.0 Å². The first-order valence-corrected chi connectivity index (χ1v) is 11.0. The zero-order valence-electron chi connectivity index (χ0n) is 20.1. The van der Waals surface area contributed by atoms with Crippen molar-refractivity contribution in [1.29, 1.82) is 0 Å². The zero-order chi connectivity index (χ0) is 24.9. The summed E-state index contributed by atoms with van der Waals surface area (Å²) in [5, 5.41) is 5.65. The van der Waals surface area contributed by atoms with Crippen molar-refractivity contribution < 1.29 is 18.7 Å². The van der Waals surface area contributed by atoms with E-state index in [1.54, 1.807) is 36.9 Å². The van der Waals surface area contributed by atoms with Crippen LogP contribution in [0.5, 0.6) is 5.75 Å². The van der Waals surface area contributed by atoms with Gasteiger partial charge in [-0.2, -0.15) is 0 Å². The second-order valence-corrected chi connectivity index (χ2v) is 8.77. The van der Waals surface area contributed by atoms with Crippen molar-refractivity contribution in [2.45, 2.75) is 33.2 Å². The average molecular weight is 468 g/mol. The second-order valence-electron chi connectivity index (χ2n) is 8.77. The van der Waals surface area contributed by atoms with Crippen molar-refractivity contribution in [3.05, 3.63) is 60.5 Å². The molecule has 0 saturated carbocycles. The number of rotatable bonds is 7. The van der Waals surface area contributed by atoms with Gasteiger partial charge < -0.3 is 15.0 Å². The van der Waals surface area contributed by atoms with E-state index >= 15 is 0 Å². The number of methoxy groups -OCH3 is 1. The van der Waals surface area contributed by atoms with Crippen LogP contribution in [0.3, 0.4) is 0 Å². The summed E-state index contributed by atoms with van der Waals surface area (Å²) in [6.45, 7) is 7.64. The Bertz CT molecular complexity index is 1130. The number of anilines is 1. The van der Waals surface area contributed by atoms with Gasteiger partial charge in [0, 0.05) is 29.5 Å². The summed E-state index contributed by atoms with van der Waals surface area (Å²) in [6, 6.07) is 12.9. The van der Waals surface area contributed by atoms with Crippen LogP contribution in [0.4, 0.5) is 15.1 Å². The van der Waals surface area contributed by atoms with Gasteiger partial charge in [-0.3, -0.25) is 14.7 Å². The molecule has 1 heterocycles. The average Bonchev–Trinajstić information content (AvgIpc) is 3.20. The highest BCUT2D eigenvalue weighted by atomic mass is 19.1. The van der Waals surface area contributed by atoms with Crippen molar-refractivity contribution in [2.24, 2.45) is 0 Å². The number of amides is 3. The number of carbonyl (C=O) groups excluding carboxylic acids is 2. The summed E-state index contributed by atoms with van der Waals surface area (Å²) in [6.07, 6.45) is 1.76. The van der Waals surface area contributed by atoms with Crippen LogP contribution in [0.15, 0.2) is 54.7 Å². The molecule has 3 aromatic rings. The molecule has 0 aliphatic rings. The van der Waals surface area contributed by atoms with Gasteiger partial charge in [-0.1, -0.05) is 0 Å². The van der Waals surface area contributed by atoms with E-state index in [1.807, 2.05) is 45.0 Å². The van der Waals surface area contributed by atoms with E-state index in [0.717, 1.165) is 5.56 Å². The Morgan fingerprint density at radius 3 is 2.29 bits per heavy atom. The molecule has 0 atom stereocenters. The normalized spacial score (nSPS) is 11.1. The summed E-state index contributed by atoms with van der Waals surface area (Å²) in [4.78, 5) is 31.4. The van der Waals surface area contributed by atoms with E-state index in [-0.39, 0.29) is 24.3 Å². The van der Waals surface area contributed by atoms with E-state index in [0.29, 0.717) is 23.7 Å².